The van der Waals surface area contributed by atoms with Crippen LogP contribution in [0.1, 0.15) is 59.3 Å². The molecule has 1 fully saturated rings. The molecule has 1 saturated heterocycles. The van der Waals surface area contributed by atoms with E-state index in [1.807, 2.05) is 0 Å². The summed E-state index contributed by atoms with van der Waals surface area (Å²) in [4.78, 5) is 13.9. The predicted molar refractivity (Wildman–Crippen MR) is 73.2 cm³/mol. The molecular formula is C15H29NO. The number of nitrogens with zero attached hydrogens (tertiary/aromatic N) is 1. The van der Waals surface area contributed by atoms with Crippen molar-refractivity contribution in [2.24, 2.45) is 11.8 Å². The lowest BCUT2D eigenvalue weighted by atomic mass is 9.98. The lowest BCUT2D eigenvalue weighted by Gasteiger charge is -2.29. The van der Waals surface area contributed by atoms with Gasteiger partial charge in [0.2, 0.25) is 0 Å². The van der Waals surface area contributed by atoms with E-state index in [4.69, 9.17) is 0 Å². The lowest BCUT2D eigenvalue weighted by Crippen LogP contribution is -2.39. The molecule has 0 radical (unpaired) electrons. The van der Waals surface area contributed by atoms with E-state index in [0.717, 1.165) is 25.4 Å². The topological polar surface area (TPSA) is 20.3 Å². The molecule has 100 valence electrons. The third-order valence-corrected chi connectivity index (χ3v) is 3.76. The van der Waals surface area contributed by atoms with E-state index in [0.29, 0.717) is 5.78 Å². The van der Waals surface area contributed by atoms with Crippen molar-refractivity contribution in [2.45, 2.75) is 59.3 Å². The Bertz CT molecular complexity index is 225. The van der Waals surface area contributed by atoms with Crippen LogP contribution in [0.15, 0.2) is 0 Å². The van der Waals surface area contributed by atoms with Crippen LogP contribution in [0.3, 0.4) is 0 Å². The molecule has 2 nitrogen and oxygen atoms in total. The van der Waals surface area contributed by atoms with Gasteiger partial charge in [-0.1, -0.05) is 46.5 Å². The molecule has 1 unspecified atom stereocenters. The molecule has 0 bridgehead atoms. The van der Waals surface area contributed by atoms with Gasteiger partial charge in [0.1, 0.15) is 5.78 Å². The Labute approximate surface area is 107 Å². The Morgan fingerprint density at radius 1 is 1.24 bits per heavy atom. The Kier molecular flexibility index (Phi) is 6.79. The Balaban J connectivity index is 1.98. The first-order valence-electron chi connectivity index (χ1n) is 7.34. The highest BCUT2D eigenvalue weighted by Crippen LogP contribution is 2.14. The molecule has 2 heteroatoms. The number of carbonyl (C=O) groups excluding carboxylic acids is 1. The molecule has 0 aliphatic carbocycles. The van der Waals surface area contributed by atoms with E-state index in [1.165, 1.54) is 38.6 Å². The highest BCUT2D eigenvalue weighted by atomic mass is 16.1. The fraction of sp³-hybridized carbons (Fsp3) is 0.933. The first-order chi connectivity index (χ1) is 8.09. The average Bonchev–Trinajstić information content (AvgIpc) is 2.27. The lowest BCUT2D eigenvalue weighted by molar-refractivity contribution is -0.125. The monoisotopic (exact) mass is 239 g/mol. The first-order valence-corrected chi connectivity index (χ1v) is 7.34. The molecule has 0 aromatic heterocycles. The van der Waals surface area contributed by atoms with Gasteiger partial charge in [-0.25, -0.2) is 0 Å². The minimum atomic E-state index is 0.268. The van der Waals surface area contributed by atoms with Crippen molar-refractivity contribution in [3.05, 3.63) is 0 Å². The summed E-state index contributed by atoms with van der Waals surface area (Å²) in [5.74, 6) is 1.58. The fourth-order valence-corrected chi connectivity index (χ4v) is 2.54. The number of hydrogen-bond donors (Lipinski definition) is 0. The average molecular weight is 239 g/mol. The maximum atomic E-state index is 11.4. The van der Waals surface area contributed by atoms with Gasteiger partial charge in [-0.05, 0) is 18.9 Å². The maximum absolute atomic E-state index is 11.4. The normalized spacial score (nSPS) is 22.4. The highest BCUT2D eigenvalue weighted by Gasteiger charge is 2.22. The molecule has 0 N–H and O–H groups in total. The largest absolute Gasteiger partial charge is 0.302 e. The second kappa shape index (κ2) is 7.86. The minimum absolute atomic E-state index is 0.268. The third kappa shape index (κ3) is 6.21. The Morgan fingerprint density at radius 2 is 1.94 bits per heavy atom. The quantitative estimate of drug-likeness (QED) is 0.634. The summed E-state index contributed by atoms with van der Waals surface area (Å²) in [6.07, 6.45) is 7.56. The van der Waals surface area contributed by atoms with Crippen molar-refractivity contribution in [2.75, 3.05) is 19.6 Å². The summed E-state index contributed by atoms with van der Waals surface area (Å²) in [7, 11) is 0. The van der Waals surface area contributed by atoms with E-state index >= 15 is 0 Å². The molecule has 0 saturated carbocycles. The molecule has 0 amide bonds. The van der Waals surface area contributed by atoms with Crippen LogP contribution in [0.25, 0.3) is 0 Å². The van der Waals surface area contributed by atoms with Crippen LogP contribution >= 0.6 is 0 Å². The number of rotatable bonds is 7. The molecule has 0 spiro atoms. The summed E-state index contributed by atoms with van der Waals surface area (Å²) < 4.78 is 0. The van der Waals surface area contributed by atoms with Crippen molar-refractivity contribution in [1.29, 1.82) is 0 Å². The zero-order valence-electron chi connectivity index (χ0n) is 11.9. The van der Waals surface area contributed by atoms with Crippen LogP contribution in [-0.4, -0.2) is 30.3 Å². The molecule has 1 rings (SSSR count). The number of ketones is 1. The SMILES string of the molecule is CC(C)CCCCCCN1CCC(=O)C(C)C1. The van der Waals surface area contributed by atoms with Crippen LogP contribution < -0.4 is 0 Å². The molecule has 1 atom stereocenters. The number of carbonyl (C=O) groups is 1. The molecule has 1 aliphatic rings. The Hall–Kier alpha value is -0.370. The van der Waals surface area contributed by atoms with E-state index in [2.05, 4.69) is 25.7 Å². The van der Waals surface area contributed by atoms with E-state index in [1.54, 1.807) is 0 Å². The van der Waals surface area contributed by atoms with Gasteiger partial charge in [-0.15, -0.1) is 0 Å². The van der Waals surface area contributed by atoms with Gasteiger partial charge in [0.15, 0.2) is 0 Å². The van der Waals surface area contributed by atoms with Gasteiger partial charge < -0.3 is 4.90 Å². The third-order valence-electron chi connectivity index (χ3n) is 3.76. The van der Waals surface area contributed by atoms with Gasteiger partial charge >= 0.3 is 0 Å². The van der Waals surface area contributed by atoms with E-state index in [9.17, 15) is 4.79 Å². The number of unbranched alkanes of at least 4 members (excludes halogenated alkanes) is 3. The van der Waals surface area contributed by atoms with Crippen molar-refractivity contribution in [3.63, 3.8) is 0 Å². The van der Waals surface area contributed by atoms with Gasteiger partial charge in [0.05, 0.1) is 0 Å². The molecular weight excluding hydrogens is 210 g/mol. The second-order valence-electron chi connectivity index (χ2n) is 6.01. The zero-order chi connectivity index (χ0) is 12.7. The van der Waals surface area contributed by atoms with Crippen molar-refractivity contribution in [1.82, 2.24) is 4.90 Å². The summed E-state index contributed by atoms with van der Waals surface area (Å²) >= 11 is 0. The summed E-state index contributed by atoms with van der Waals surface area (Å²) in [5.41, 5.74) is 0. The van der Waals surface area contributed by atoms with Gasteiger partial charge in [-0.3, -0.25) is 4.79 Å². The standard InChI is InChI=1S/C15H29NO/c1-13(2)8-6-4-5-7-10-16-11-9-15(17)14(3)12-16/h13-14H,4-12H2,1-3H3. The number of Topliss-reactive ketones (excluding diaryl/α,β-unsaturated/α-hetero) is 1. The van der Waals surface area contributed by atoms with Crippen LogP contribution in [0.5, 0.6) is 0 Å². The minimum Gasteiger partial charge on any atom is -0.302 e. The van der Waals surface area contributed by atoms with Crippen LogP contribution in [0.4, 0.5) is 0 Å². The van der Waals surface area contributed by atoms with E-state index < -0.39 is 0 Å². The zero-order valence-corrected chi connectivity index (χ0v) is 11.9. The van der Waals surface area contributed by atoms with Gasteiger partial charge in [-0.2, -0.15) is 0 Å². The smallest absolute Gasteiger partial charge is 0.138 e. The number of hydrogen-bond acceptors (Lipinski definition) is 2. The van der Waals surface area contributed by atoms with E-state index in [-0.39, 0.29) is 5.92 Å². The van der Waals surface area contributed by atoms with Crippen LogP contribution in [-0.2, 0) is 4.79 Å². The van der Waals surface area contributed by atoms with Crippen molar-refractivity contribution in [3.8, 4) is 0 Å². The summed E-state index contributed by atoms with van der Waals surface area (Å²) in [5, 5.41) is 0. The predicted octanol–water partition coefficient (Wildman–Crippen LogP) is 3.50. The van der Waals surface area contributed by atoms with Crippen molar-refractivity contribution < 1.29 is 4.79 Å². The molecule has 1 heterocycles. The maximum Gasteiger partial charge on any atom is 0.138 e. The fourth-order valence-electron chi connectivity index (χ4n) is 2.54. The highest BCUT2D eigenvalue weighted by molar-refractivity contribution is 5.81. The summed E-state index contributed by atoms with van der Waals surface area (Å²) in [6, 6.07) is 0. The van der Waals surface area contributed by atoms with Crippen LogP contribution in [0.2, 0.25) is 0 Å². The van der Waals surface area contributed by atoms with Gasteiger partial charge in [0, 0.05) is 25.4 Å². The molecule has 0 aromatic carbocycles. The van der Waals surface area contributed by atoms with Crippen LogP contribution in [0, 0.1) is 11.8 Å². The van der Waals surface area contributed by atoms with Gasteiger partial charge in [0.25, 0.3) is 0 Å². The number of piperidine rings is 1. The molecule has 1 aliphatic heterocycles. The first kappa shape index (κ1) is 14.7. The molecule has 0 aromatic rings. The second-order valence-corrected chi connectivity index (χ2v) is 6.01. The summed E-state index contributed by atoms with van der Waals surface area (Å²) in [6.45, 7) is 9.84. The number of likely N-dealkylation sites (tertiary alicyclic amines) is 1. The van der Waals surface area contributed by atoms with Crippen molar-refractivity contribution >= 4 is 5.78 Å². The Morgan fingerprint density at radius 3 is 2.59 bits per heavy atom. The molecule has 17 heavy (non-hydrogen) atoms.